The summed E-state index contributed by atoms with van der Waals surface area (Å²) in [6.07, 6.45) is -1.99. The van der Waals surface area contributed by atoms with Crippen molar-refractivity contribution in [3.63, 3.8) is 0 Å². The molecule has 22 heavy (non-hydrogen) atoms. The highest BCUT2D eigenvalue weighted by molar-refractivity contribution is 6.53. The second-order valence-corrected chi connectivity index (χ2v) is 6.56. The molecule has 0 unspecified atom stereocenters. The van der Waals surface area contributed by atoms with Gasteiger partial charge < -0.3 is 4.90 Å². The van der Waals surface area contributed by atoms with E-state index >= 15 is 0 Å². The monoisotopic (exact) mass is 353 g/mol. The second-order valence-electron chi connectivity index (χ2n) is 5.47. The minimum atomic E-state index is -4.30. The maximum Gasteiger partial charge on any atom is 0.416 e. The van der Waals surface area contributed by atoms with Crippen molar-refractivity contribution in [1.29, 1.82) is 0 Å². The van der Waals surface area contributed by atoms with Gasteiger partial charge >= 0.3 is 6.18 Å². The van der Waals surface area contributed by atoms with E-state index in [4.69, 9.17) is 23.2 Å². The number of carbonyl (C=O) groups is 1. The first-order valence-corrected chi connectivity index (χ1v) is 7.87. The number of amides is 1. The highest BCUT2D eigenvalue weighted by Gasteiger charge is 2.30. The Balaban J connectivity index is 1.87. The summed E-state index contributed by atoms with van der Waals surface area (Å²) in [5.74, 6) is 0.0706. The van der Waals surface area contributed by atoms with E-state index in [9.17, 15) is 18.0 Å². The molecule has 0 aromatic heterocycles. The molecule has 1 amide bonds. The molecule has 7 heteroatoms. The van der Waals surface area contributed by atoms with Gasteiger partial charge in [0.05, 0.1) is 5.56 Å². The number of benzene rings is 1. The van der Waals surface area contributed by atoms with Crippen LogP contribution in [-0.4, -0.2) is 28.7 Å². The molecule has 0 spiro atoms. The molecule has 2 rings (SSSR count). The number of likely N-dealkylation sites (tertiary alicyclic amines) is 1. The van der Waals surface area contributed by atoms with Crippen molar-refractivity contribution in [2.45, 2.75) is 30.3 Å². The number of piperidine rings is 1. The molecule has 0 bridgehead atoms. The fourth-order valence-corrected chi connectivity index (χ4v) is 2.93. The number of hydrogen-bond donors (Lipinski definition) is 0. The minimum absolute atomic E-state index is 0.281. The lowest BCUT2D eigenvalue weighted by molar-refractivity contribution is -0.137. The summed E-state index contributed by atoms with van der Waals surface area (Å²) in [5.41, 5.74) is 0.247. The lowest BCUT2D eigenvalue weighted by Crippen LogP contribution is -2.41. The molecule has 2 nitrogen and oxygen atoms in total. The Hall–Kier alpha value is -0.940. The first-order chi connectivity index (χ1) is 10.3. The van der Waals surface area contributed by atoms with Gasteiger partial charge in [0.15, 0.2) is 4.84 Å². The van der Waals surface area contributed by atoms with E-state index in [0.717, 1.165) is 30.5 Å². The van der Waals surface area contributed by atoms with Crippen molar-refractivity contribution in [3.05, 3.63) is 35.4 Å². The van der Waals surface area contributed by atoms with E-state index in [1.165, 1.54) is 12.1 Å². The van der Waals surface area contributed by atoms with Gasteiger partial charge in [0.1, 0.15) is 0 Å². The summed E-state index contributed by atoms with van der Waals surface area (Å²) in [6, 6.07) is 5.26. The molecule has 0 radical (unpaired) electrons. The number of halogens is 5. The number of alkyl halides is 5. The van der Waals surface area contributed by atoms with Gasteiger partial charge in [-0.3, -0.25) is 4.79 Å². The first kappa shape index (κ1) is 17.4. The predicted octanol–water partition coefficient (Wildman–Crippen LogP) is 4.29. The van der Waals surface area contributed by atoms with Crippen LogP contribution in [0.5, 0.6) is 0 Å². The summed E-state index contributed by atoms with van der Waals surface area (Å²) < 4.78 is 37.5. The molecule has 1 fully saturated rings. The predicted molar refractivity (Wildman–Crippen MR) is 79.9 cm³/mol. The van der Waals surface area contributed by atoms with Crippen LogP contribution >= 0.6 is 23.2 Å². The lowest BCUT2D eigenvalue weighted by atomic mass is 9.90. The van der Waals surface area contributed by atoms with Crippen molar-refractivity contribution in [1.82, 2.24) is 4.90 Å². The van der Waals surface area contributed by atoms with E-state index in [2.05, 4.69) is 0 Å². The third kappa shape index (κ3) is 4.53. The van der Waals surface area contributed by atoms with Gasteiger partial charge in [0, 0.05) is 13.1 Å². The Morgan fingerprint density at radius 2 is 1.73 bits per heavy atom. The van der Waals surface area contributed by atoms with Gasteiger partial charge in [0.2, 0.25) is 0 Å². The lowest BCUT2D eigenvalue weighted by Gasteiger charge is -2.32. The number of nitrogens with zero attached hydrogens (tertiary/aromatic N) is 1. The van der Waals surface area contributed by atoms with Crippen molar-refractivity contribution in [2.75, 3.05) is 13.1 Å². The van der Waals surface area contributed by atoms with Gasteiger partial charge in [-0.2, -0.15) is 13.2 Å². The van der Waals surface area contributed by atoms with Crippen molar-refractivity contribution in [3.8, 4) is 0 Å². The Kier molecular flexibility index (Phi) is 5.61. The van der Waals surface area contributed by atoms with Crippen LogP contribution in [0.3, 0.4) is 0 Å². The van der Waals surface area contributed by atoms with Crippen LogP contribution in [0.1, 0.15) is 24.0 Å². The molecule has 1 aliphatic heterocycles. The van der Waals surface area contributed by atoms with E-state index in [-0.39, 0.29) is 5.91 Å². The fraction of sp³-hybridized carbons (Fsp3) is 0.533. The molecule has 1 aliphatic rings. The molecule has 122 valence electrons. The normalized spacial score (nSPS) is 17.1. The number of hydrogen-bond acceptors (Lipinski definition) is 1. The largest absolute Gasteiger partial charge is 0.416 e. The third-order valence-corrected chi connectivity index (χ3v) is 4.29. The van der Waals surface area contributed by atoms with Crippen molar-refractivity contribution >= 4 is 29.1 Å². The van der Waals surface area contributed by atoms with E-state index in [1.54, 1.807) is 4.90 Å². The number of carbonyl (C=O) groups excluding carboxylic acids is 1. The van der Waals surface area contributed by atoms with Crippen LogP contribution in [-0.2, 0) is 17.4 Å². The average Bonchev–Trinajstić information content (AvgIpc) is 2.47. The van der Waals surface area contributed by atoms with Gasteiger partial charge in [-0.15, -0.1) is 0 Å². The van der Waals surface area contributed by atoms with E-state index in [0.29, 0.717) is 25.4 Å². The first-order valence-electron chi connectivity index (χ1n) is 7.00. The molecule has 1 aromatic rings. The quantitative estimate of drug-likeness (QED) is 0.742. The van der Waals surface area contributed by atoms with Crippen molar-refractivity contribution < 1.29 is 18.0 Å². The fourth-order valence-electron chi connectivity index (χ4n) is 2.66. The molecular weight excluding hydrogens is 338 g/mol. The molecule has 1 saturated heterocycles. The Labute approximate surface area is 137 Å². The highest BCUT2D eigenvalue weighted by Crippen LogP contribution is 2.30. The van der Waals surface area contributed by atoms with Gasteiger partial charge in [-0.05, 0) is 42.9 Å². The summed E-state index contributed by atoms with van der Waals surface area (Å²) >= 11 is 11.1. The average molecular weight is 354 g/mol. The SMILES string of the molecule is O=C(C(Cl)Cl)N1CCC(Cc2ccc(C(F)(F)F)cc2)CC1. The van der Waals surface area contributed by atoms with Crippen LogP contribution in [0.2, 0.25) is 0 Å². The van der Waals surface area contributed by atoms with Crippen molar-refractivity contribution in [2.24, 2.45) is 5.92 Å². The summed E-state index contributed by atoms with van der Waals surface area (Å²) in [6.45, 7) is 1.17. The van der Waals surface area contributed by atoms with Gasteiger partial charge in [-0.25, -0.2) is 0 Å². The molecule has 0 saturated carbocycles. The van der Waals surface area contributed by atoms with E-state index < -0.39 is 16.6 Å². The molecular formula is C15H16Cl2F3NO. The van der Waals surface area contributed by atoms with Crippen LogP contribution in [0, 0.1) is 5.92 Å². The zero-order chi connectivity index (χ0) is 16.3. The smallest absolute Gasteiger partial charge is 0.340 e. The summed E-state index contributed by atoms with van der Waals surface area (Å²) in [4.78, 5) is 12.2. The summed E-state index contributed by atoms with van der Waals surface area (Å²) in [5, 5.41) is 0. The topological polar surface area (TPSA) is 20.3 Å². The zero-order valence-corrected chi connectivity index (χ0v) is 13.3. The number of rotatable bonds is 3. The highest BCUT2D eigenvalue weighted by atomic mass is 35.5. The van der Waals surface area contributed by atoms with Crippen LogP contribution < -0.4 is 0 Å². The zero-order valence-electron chi connectivity index (χ0n) is 11.7. The van der Waals surface area contributed by atoms with Gasteiger partial charge in [-0.1, -0.05) is 35.3 Å². The molecule has 0 N–H and O–H groups in total. The van der Waals surface area contributed by atoms with Crippen LogP contribution in [0.25, 0.3) is 0 Å². The molecule has 0 aliphatic carbocycles. The molecule has 1 aromatic carbocycles. The summed E-state index contributed by atoms with van der Waals surface area (Å²) in [7, 11) is 0. The standard InChI is InChI=1S/C15H16Cl2F3NO/c16-13(17)14(22)21-7-5-11(6-8-21)9-10-1-3-12(4-2-10)15(18,19)20/h1-4,11,13H,5-9H2. The van der Waals surface area contributed by atoms with Gasteiger partial charge in [0.25, 0.3) is 5.91 Å². The second kappa shape index (κ2) is 7.09. The third-order valence-electron chi connectivity index (χ3n) is 3.92. The Morgan fingerprint density at radius 1 is 1.18 bits per heavy atom. The minimum Gasteiger partial charge on any atom is -0.340 e. The van der Waals surface area contributed by atoms with E-state index in [1.807, 2.05) is 0 Å². The molecule has 0 atom stereocenters. The maximum absolute atomic E-state index is 12.5. The Morgan fingerprint density at radius 3 is 2.18 bits per heavy atom. The maximum atomic E-state index is 12.5. The van der Waals surface area contributed by atoms with Crippen LogP contribution in [0.4, 0.5) is 13.2 Å². The Bertz CT molecular complexity index is 509. The van der Waals surface area contributed by atoms with Crippen LogP contribution in [0.15, 0.2) is 24.3 Å². The molecule has 1 heterocycles.